The Morgan fingerprint density at radius 3 is 2.45 bits per heavy atom. The van der Waals surface area contributed by atoms with Crippen molar-refractivity contribution in [2.75, 3.05) is 13.6 Å². The van der Waals surface area contributed by atoms with Gasteiger partial charge in [-0.2, -0.15) is 0 Å². The van der Waals surface area contributed by atoms with Crippen molar-refractivity contribution in [1.29, 1.82) is 0 Å². The van der Waals surface area contributed by atoms with Crippen LogP contribution in [-0.4, -0.2) is 59.6 Å². The van der Waals surface area contributed by atoms with Crippen LogP contribution < -0.4 is 16.4 Å². The van der Waals surface area contributed by atoms with E-state index in [1.54, 1.807) is 0 Å². The van der Waals surface area contributed by atoms with Gasteiger partial charge in [-0.1, -0.05) is 0 Å². The number of carbonyl (C=O) groups is 3. The number of primary amides is 1. The van der Waals surface area contributed by atoms with Crippen LogP contribution in [-0.2, 0) is 9.59 Å². The summed E-state index contributed by atoms with van der Waals surface area (Å²) in [6.07, 6.45) is 1.92. The van der Waals surface area contributed by atoms with Gasteiger partial charge in [0.1, 0.15) is 6.04 Å². The van der Waals surface area contributed by atoms with Crippen LogP contribution in [0.3, 0.4) is 0 Å². The van der Waals surface area contributed by atoms with E-state index in [0.29, 0.717) is 12.6 Å². The molecule has 8 nitrogen and oxygen atoms in total. The molecular weight excluding hydrogens is 264 g/mol. The number of carboxylic acid groups (broad SMARTS) is 1. The van der Waals surface area contributed by atoms with Crippen LogP contribution >= 0.6 is 0 Å². The van der Waals surface area contributed by atoms with Crippen LogP contribution in [0.5, 0.6) is 0 Å². The molecule has 1 unspecified atom stereocenters. The standard InChI is InChI=1S/C12H22N4O4/c1-7(16(2)8-3-4-8)6-14-12(20)15-9(11(18)19)5-10(13)17/h7-9H,3-6H2,1-2H3,(H2,13,17)(H,18,19)(H2,14,15,20)/t7?,9-/m1/s1. The van der Waals surface area contributed by atoms with Gasteiger partial charge >= 0.3 is 12.0 Å². The predicted octanol–water partition coefficient (Wildman–Crippen LogP) is -0.903. The molecule has 0 aromatic carbocycles. The Morgan fingerprint density at radius 2 is 2.00 bits per heavy atom. The highest BCUT2D eigenvalue weighted by atomic mass is 16.4. The van der Waals surface area contributed by atoms with Crippen LogP contribution in [0.2, 0.25) is 0 Å². The molecule has 1 aliphatic carbocycles. The van der Waals surface area contributed by atoms with E-state index in [0.717, 1.165) is 0 Å². The molecular formula is C12H22N4O4. The maximum atomic E-state index is 11.6. The number of nitrogens with zero attached hydrogens (tertiary/aromatic N) is 1. The van der Waals surface area contributed by atoms with Crippen LogP contribution in [0.1, 0.15) is 26.2 Å². The number of nitrogens with one attached hydrogen (secondary N) is 2. The average molecular weight is 286 g/mol. The minimum absolute atomic E-state index is 0.160. The molecule has 1 fully saturated rings. The predicted molar refractivity (Wildman–Crippen MR) is 72.0 cm³/mol. The van der Waals surface area contributed by atoms with Gasteiger partial charge in [0.25, 0.3) is 0 Å². The third-order valence-electron chi connectivity index (χ3n) is 3.38. The van der Waals surface area contributed by atoms with Crippen molar-refractivity contribution >= 4 is 17.9 Å². The summed E-state index contributed by atoms with van der Waals surface area (Å²) in [5.74, 6) is -2.07. The fourth-order valence-electron chi connectivity index (χ4n) is 1.84. The van der Waals surface area contributed by atoms with Gasteiger partial charge in [0.15, 0.2) is 0 Å². The molecule has 2 atom stereocenters. The van der Waals surface area contributed by atoms with Gasteiger partial charge < -0.3 is 21.5 Å². The summed E-state index contributed by atoms with van der Waals surface area (Å²) in [5, 5.41) is 13.7. The van der Waals surface area contributed by atoms with Crippen molar-refractivity contribution in [1.82, 2.24) is 15.5 Å². The molecule has 1 saturated carbocycles. The van der Waals surface area contributed by atoms with Crippen molar-refractivity contribution in [3.8, 4) is 0 Å². The maximum Gasteiger partial charge on any atom is 0.326 e. The first-order chi connectivity index (χ1) is 9.31. The minimum Gasteiger partial charge on any atom is -0.480 e. The zero-order chi connectivity index (χ0) is 15.3. The smallest absolute Gasteiger partial charge is 0.326 e. The van der Waals surface area contributed by atoms with Crippen molar-refractivity contribution in [2.24, 2.45) is 5.73 Å². The number of urea groups is 1. The topological polar surface area (TPSA) is 125 Å². The first kappa shape index (κ1) is 16.2. The molecule has 0 aromatic heterocycles. The van der Waals surface area contributed by atoms with Gasteiger partial charge in [0, 0.05) is 18.6 Å². The average Bonchev–Trinajstić information content (AvgIpc) is 3.17. The largest absolute Gasteiger partial charge is 0.480 e. The quantitative estimate of drug-likeness (QED) is 0.460. The van der Waals surface area contributed by atoms with E-state index >= 15 is 0 Å². The van der Waals surface area contributed by atoms with E-state index in [1.807, 2.05) is 14.0 Å². The van der Waals surface area contributed by atoms with Crippen molar-refractivity contribution in [2.45, 2.75) is 44.3 Å². The highest BCUT2D eigenvalue weighted by Gasteiger charge is 2.29. The first-order valence-electron chi connectivity index (χ1n) is 6.58. The summed E-state index contributed by atoms with van der Waals surface area (Å²) < 4.78 is 0. The van der Waals surface area contributed by atoms with Crippen LogP contribution in [0.25, 0.3) is 0 Å². The molecule has 1 aliphatic rings. The molecule has 3 amide bonds. The summed E-state index contributed by atoms with van der Waals surface area (Å²) in [6.45, 7) is 2.39. The monoisotopic (exact) mass is 286 g/mol. The Morgan fingerprint density at radius 1 is 1.40 bits per heavy atom. The van der Waals surface area contributed by atoms with Crippen molar-refractivity contribution < 1.29 is 19.5 Å². The molecule has 1 rings (SSSR count). The van der Waals surface area contributed by atoms with Crippen LogP contribution in [0.4, 0.5) is 4.79 Å². The highest BCUT2D eigenvalue weighted by Crippen LogP contribution is 2.26. The molecule has 8 heteroatoms. The number of amides is 3. The van der Waals surface area contributed by atoms with E-state index in [4.69, 9.17) is 10.8 Å². The number of hydrogen-bond acceptors (Lipinski definition) is 4. The second kappa shape index (κ2) is 7.09. The van der Waals surface area contributed by atoms with Crippen molar-refractivity contribution in [3.63, 3.8) is 0 Å². The van der Waals surface area contributed by atoms with E-state index < -0.39 is 30.4 Å². The SMILES string of the molecule is CC(CNC(=O)N[C@H](CC(N)=O)C(=O)O)N(C)C1CC1. The zero-order valence-electron chi connectivity index (χ0n) is 11.8. The third-order valence-corrected chi connectivity index (χ3v) is 3.38. The number of likely N-dealkylation sites (N-methyl/N-ethyl adjacent to an activating group) is 1. The highest BCUT2D eigenvalue weighted by molar-refractivity contribution is 5.87. The molecule has 0 saturated heterocycles. The number of aliphatic carboxylic acids is 1. The van der Waals surface area contributed by atoms with Crippen LogP contribution in [0.15, 0.2) is 0 Å². The van der Waals surface area contributed by atoms with Gasteiger partial charge in [-0.15, -0.1) is 0 Å². The zero-order valence-corrected chi connectivity index (χ0v) is 11.8. The second-order valence-electron chi connectivity index (χ2n) is 5.16. The number of carbonyl (C=O) groups excluding carboxylic acids is 2. The molecule has 0 aliphatic heterocycles. The van der Waals surface area contributed by atoms with E-state index in [9.17, 15) is 14.4 Å². The Bertz CT molecular complexity index is 384. The summed E-state index contributed by atoms with van der Waals surface area (Å²) >= 11 is 0. The first-order valence-corrected chi connectivity index (χ1v) is 6.58. The number of nitrogens with two attached hydrogens (primary N) is 1. The second-order valence-corrected chi connectivity index (χ2v) is 5.16. The number of rotatable bonds is 8. The van der Waals surface area contributed by atoms with E-state index in [2.05, 4.69) is 15.5 Å². The summed E-state index contributed by atoms with van der Waals surface area (Å²) in [4.78, 5) is 35.3. The van der Waals surface area contributed by atoms with E-state index in [1.165, 1.54) is 12.8 Å². The summed E-state index contributed by atoms with van der Waals surface area (Å²) in [7, 11) is 2.00. The lowest BCUT2D eigenvalue weighted by molar-refractivity contribution is -0.140. The molecule has 0 radical (unpaired) electrons. The fourth-order valence-corrected chi connectivity index (χ4v) is 1.84. The fraction of sp³-hybridized carbons (Fsp3) is 0.750. The Kier molecular flexibility index (Phi) is 5.75. The lowest BCUT2D eigenvalue weighted by Gasteiger charge is -2.25. The third kappa shape index (κ3) is 5.43. The molecule has 0 heterocycles. The Hall–Kier alpha value is -1.83. The molecule has 0 spiro atoms. The number of carboxylic acids is 1. The minimum atomic E-state index is -1.30. The summed E-state index contributed by atoms with van der Waals surface area (Å²) in [5.41, 5.74) is 4.93. The molecule has 114 valence electrons. The van der Waals surface area contributed by atoms with Gasteiger partial charge in [-0.05, 0) is 26.8 Å². The van der Waals surface area contributed by atoms with Gasteiger partial charge in [0.05, 0.1) is 6.42 Å². The lowest BCUT2D eigenvalue weighted by Crippen LogP contribution is -2.50. The molecule has 20 heavy (non-hydrogen) atoms. The Balaban J connectivity index is 2.33. The van der Waals surface area contributed by atoms with Crippen molar-refractivity contribution in [3.05, 3.63) is 0 Å². The summed E-state index contributed by atoms with van der Waals surface area (Å²) in [6, 6.07) is -1.18. The molecule has 5 N–H and O–H groups in total. The lowest BCUT2D eigenvalue weighted by atomic mass is 10.2. The van der Waals surface area contributed by atoms with E-state index in [-0.39, 0.29) is 6.04 Å². The number of hydrogen-bond donors (Lipinski definition) is 4. The molecule has 0 aromatic rings. The van der Waals surface area contributed by atoms with Gasteiger partial charge in [-0.25, -0.2) is 9.59 Å². The molecule has 0 bridgehead atoms. The van der Waals surface area contributed by atoms with Gasteiger partial charge in [-0.3, -0.25) is 9.69 Å². The normalized spacial score (nSPS) is 17.4. The van der Waals surface area contributed by atoms with Gasteiger partial charge in [0.2, 0.25) is 5.91 Å². The maximum absolute atomic E-state index is 11.6. The van der Waals surface area contributed by atoms with Crippen LogP contribution in [0, 0.1) is 0 Å². The Labute approximate surface area is 117 Å².